The number of hydrogen-bond acceptors (Lipinski definition) is 0. The minimum Gasteiger partial charge on any atom is -0.354 e. The molecule has 1 aromatic rings. The van der Waals surface area contributed by atoms with Gasteiger partial charge in [0.05, 0.1) is 0 Å². The highest BCUT2D eigenvalue weighted by Crippen LogP contribution is 1.98. The smallest absolute Gasteiger partial charge is 0.0217 e. The molecule has 1 aromatic heterocycles. The number of hydrogen-bond donors (Lipinski definition) is 0. The zero-order valence-electron chi connectivity index (χ0n) is 6.50. The third-order valence-corrected chi connectivity index (χ3v) is 1.38. The molecule has 0 aliphatic rings. The average molecular weight is 160 g/mol. The molecule has 0 spiro atoms. The Bertz CT molecular complexity index is 181. The van der Waals surface area contributed by atoms with Crippen molar-refractivity contribution in [3.8, 4) is 0 Å². The van der Waals surface area contributed by atoms with E-state index < -0.39 is 0 Å². The summed E-state index contributed by atoms with van der Waals surface area (Å²) in [5.41, 5.74) is 1.35. The second-order valence-electron chi connectivity index (χ2n) is 2.43. The fourth-order valence-corrected chi connectivity index (χ4v) is 0.958. The van der Waals surface area contributed by atoms with Gasteiger partial charge in [-0.3, -0.25) is 0 Å². The normalized spacial score (nSPS) is 9.00. The number of aryl methyl sites for hydroxylation is 2. The quantitative estimate of drug-likeness (QED) is 0.625. The van der Waals surface area contributed by atoms with E-state index in [4.69, 9.17) is 0 Å². The van der Waals surface area contributed by atoms with E-state index in [1.165, 1.54) is 12.0 Å². The van der Waals surface area contributed by atoms with Gasteiger partial charge in [-0.05, 0) is 25.0 Å². The van der Waals surface area contributed by atoms with Gasteiger partial charge in [0.15, 0.2) is 0 Å². The summed E-state index contributed by atoms with van der Waals surface area (Å²) in [6.07, 6.45) is 5.51. The first kappa shape index (κ1) is 9.57. The summed E-state index contributed by atoms with van der Waals surface area (Å²) in [6, 6.07) is 2.13. The Morgan fingerprint density at radius 3 is 2.60 bits per heavy atom. The Balaban J connectivity index is 0.000000810. The molecular formula is C8H14ClN. The van der Waals surface area contributed by atoms with Gasteiger partial charge in [-0.1, -0.05) is 6.92 Å². The predicted molar refractivity (Wildman–Crippen MR) is 46.7 cm³/mol. The number of aromatic nitrogens is 1. The van der Waals surface area contributed by atoms with Crippen molar-refractivity contribution in [2.75, 3.05) is 0 Å². The van der Waals surface area contributed by atoms with Gasteiger partial charge in [-0.2, -0.15) is 0 Å². The third kappa shape index (κ3) is 2.44. The predicted octanol–water partition coefficient (Wildman–Crippen LogP) is 2.63. The highest BCUT2D eigenvalue weighted by molar-refractivity contribution is 5.85. The van der Waals surface area contributed by atoms with Gasteiger partial charge in [-0.25, -0.2) is 0 Å². The molecule has 0 fully saturated rings. The first-order chi connectivity index (χ1) is 4.33. The molecule has 0 aliphatic heterocycles. The van der Waals surface area contributed by atoms with Crippen molar-refractivity contribution in [3.63, 3.8) is 0 Å². The molecule has 1 rings (SSSR count). The van der Waals surface area contributed by atoms with Crippen molar-refractivity contribution < 1.29 is 0 Å². The number of rotatable bonds is 2. The van der Waals surface area contributed by atoms with Crippen molar-refractivity contribution in [3.05, 3.63) is 24.0 Å². The minimum atomic E-state index is 0. The van der Waals surface area contributed by atoms with E-state index in [0.717, 1.165) is 6.54 Å². The van der Waals surface area contributed by atoms with E-state index in [1.807, 2.05) is 0 Å². The Labute approximate surface area is 68.5 Å². The molecule has 0 unspecified atom stereocenters. The molecule has 1 nitrogen and oxygen atoms in total. The molecular weight excluding hydrogens is 146 g/mol. The summed E-state index contributed by atoms with van der Waals surface area (Å²) in [6.45, 7) is 5.45. The van der Waals surface area contributed by atoms with Crippen molar-refractivity contribution in [2.24, 2.45) is 0 Å². The summed E-state index contributed by atoms with van der Waals surface area (Å²) in [5, 5.41) is 0. The maximum absolute atomic E-state index is 2.22. The van der Waals surface area contributed by atoms with Gasteiger partial charge < -0.3 is 4.57 Å². The molecule has 0 bridgehead atoms. The summed E-state index contributed by atoms with van der Waals surface area (Å²) in [4.78, 5) is 0. The lowest BCUT2D eigenvalue weighted by atomic mass is 10.4. The molecule has 0 radical (unpaired) electrons. The first-order valence-corrected chi connectivity index (χ1v) is 3.45. The molecule has 0 N–H and O–H groups in total. The van der Waals surface area contributed by atoms with Crippen LogP contribution >= 0.6 is 12.4 Å². The lowest BCUT2D eigenvalue weighted by Gasteiger charge is -1.95. The molecule has 0 aromatic carbocycles. The van der Waals surface area contributed by atoms with Crippen LogP contribution in [0, 0.1) is 6.92 Å². The fraction of sp³-hybridized carbons (Fsp3) is 0.500. The summed E-state index contributed by atoms with van der Waals surface area (Å²) < 4.78 is 2.22. The van der Waals surface area contributed by atoms with E-state index >= 15 is 0 Å². The molecule has 0 atom stereocenters. The lowest BCUT2D eigenvalue weighted by Crippen LogP contribution is -1.90. The summed E-state index contributed by atoms with van der Waals surface area (Å²) >= 11 is 0. The van der Waals surface area contributed by atoms with E-state index in [2.05, 4.69) is 36.9 Å². The topological polar surface area (TPSA) is 4.93 Å². The third-order valence-electron chi connectivity index (χ3n) is 1.38. The Kier molecular flexibility index (Phi) is 4.21. The summed E-state index contributed by atoms with van der Waals surface area (Å²) in [7, 11) is 0. The Morgan fingerprint density at radius 1 is 1.50 bits per heavy atom. The van der Waals surface area contributed by atoms with Crippen molar-refractivity contribution in [1.29, 1.82) is 0 Å². The second-order valence-corrected chi connectivity index (χ2v) is 2.43. The molecule has 0 amide bonds. The van der Waals surface area contributed by atoms with E-state index in [1.54, 1.807) is 0 Å². The van der Waals surface area contributed by atoms with Crippen LogP contribution in [0.5, 0.6) is 0 Å². The van der Waals surface area contributed by atoms with Crippen LogP contribution in [0.4, 0.5) is 0 Å². The zero-order chi connectivity index (χ0) is 6.69. The highest BCUT2D eigenvalue weighted by Gasteiger charge is 1.87. The van der Waals surface area contributed by atoms with Crippen molar-refractivity contribution >= 4 is 12.4 Å². The van der Waals surface area contributed by atoms with Crippen LogP contribution < -0.4 is 0 Å². The molecule has 0 aliphatic carbocycles. The van der Waals surface area contributed by atoms with Gasteiger partial charge in [0.2, 0.25) is 0 Å². The molecule has 10 heavy (non-hydrogen) atoms. The van der Waals surface area contributed by atoms with E-state index in [-0.39, 0.29) is 12.4 Å². The van der Waals surface area contributed by atoms with E-state index in [9.17, 15) is 0 Å². The lowest BCUT2D eigenvalue weighted by molar-refractivity contribution is 0.682. The zero-order valence-corrected chi connectivity index (χ0v) is 7.32. The van der Waals surface area contributed by atoms with Crippen LogP contribution in [0.2, 0.25) is 0 Å². The van der Waals surface area contributed by atoms with Gasteiger partial charge in [0.1, 0.15) is 0 Å². The molecule has 0 saturated heterocycles. The van der Waals surface area contributed by atoms with Gasteiger partial charge in [0, 0.05) is 18.9 Å². The van der Waals surface area contributed by atoms with Crippen LogP contribution in [-0.4, -0.2) is 4.57 Å². The Morgan fingerprint density at radius 2 is 2.20 bits per heavy atom. The minimum absolute atomic E-state index is 0. The van der Waals surface area contributed by atoms with Gasteiger partial charge in [-0.15, -0.1) is 12.4 Å². The SMILES string of the molecule is CCCn1ccc(C)c1.Cl. The van der Waals surface area contributed by atoms with Crippen molar-refractivity contribution in [1.82, 2.24) is 4.57 Å². The fourth-order valence-electron chi connectivity index (χ4n) is 0.958. The monoisotopic (exact) mass is 159 g/mol. The average Bonchev–Trinajstić information content (AvgIpc) is 2.17. The van der Waals surface area contributed by atoms with Crippen molar-refractivity contribution in [2.45, 2.75) is 26.8 Å². The van der Waals surface area contributed by atoms with Crippen LogP contribution in [0.15, 0.2) is 18.5 Å². The molecule has 58 valence electrons. The van der Waals surface area contributed by atoms with Crippen LogP contribution in [0.25, 0.3) is 0 Å². The number of nitrogens with zero attached hydrogens (tertiary/aromatic N) is 1. The summed E-state index contributed by atoms with van der Waals surface area (Å²) in [5.74, 6) is 0. The molecule has 1 heterocycles. The van der Waals surface area contributed by atoms with E-state index in [0.29, 0.717) is 0 Å². The van der Waals surface area contributed by atoms with Crippen LogP contribution in [0.1, 0.15) is 18.9 Å². The van der Waals surface area contributed by atoms with Gasteiger partial charge >= 0.3 is 0 Å². The van der Waals surface area contributed by atoms with Crippen LogP contribution in [-0.2, 0) is 6.54 Å². The Hall–Kier alpha value is -0.430. The highest BCUT2D eigenvalue weighted by atomic mass is 35.5. The maximum atomic E-state index is 2.22. The standard InChI is InChI=1S/C8H13N.ClH/c1-3-5-9-6-4-8(2)7-9;/h4,6-7H,3,5H2,1-2H3;1H. The maximum Gasteiger partial charge on any atom is 0.0217 e. The number of halogens is 1. The van der Waals surface area contributed by atoms with Gasteiger partial charge in [0.25, 0.3) is 0 Å². The molecule has 0 saturated carbocycles. The second kappa shape index (κ2) is 4.40. The first-order valence-electron chi connectivity index (χ1n) is 3.45. The largest absolute Gasteiger partial charge is 0.354 e. The molecule has 2 heteroatoms. The van der Waals surface area contributed by atoms with Crippen LogP contribution in [0.3, 0.4) is 0 Å².